The van der Waals surface area contributed by atoms with Crippen molar-refractivity contribution in [3.63, 3.8) is 0 Å². The molecule has 0 aromatic rings. The molecule has 0 heterocycles. The molecule has 1 radical (unpaired) electrons. The van der Waals surface area contributed by atoms with E-state index in [2.05, 4.69) is 18.6 Å². The summed E-state index contributed by atoms with van der Waals surface area (Å²) in [5.74, 6) is 0.551. The molecule has 0 aliphatic carbocycles. The Labute approximate surface area is 74.0 Å². The minimum Gasteiger partial charge on any atom is -0.434 e. The molecular formula is C9H17O3. The van der Waals surface area contributed by atoms with Gasteiger partial charge in [0.15, 0.2) is 0 Å². The SMILES string of the molecule is C[CH]COC(=O)OCCC(C)C. The van der Waals surface area contributed by atoms with Gasteiger partial charge in [-0.05, 0) is 18.8 Å². The summed E-state index contributed by atoms with van der Waals surface area (Å²) < 4.78 is 9.43. The molecule has 3 nitrogen and oxygen atoms in total. The lowest BCUT2D eigenvalue weighted by Gasteiger charge is -2.06. The summed E-state index contributed by atoms with van der Waals surface area (Å²) in [6.07, 6.45) is 2.06. The number of hydrogen-bond donors (Lipinski definition) is 0. The Kier molecular flexibility index (Phi) is 6.53. The van der Waals surface area contributed by atoms with Crippen molar-refractivity contribution in [2.45, 2.75) is 27.2 Å². The van der Waals surface area contributed by atoms with Crippen LogP contribution in [0, 0.1) is 12.3 Å². The van der Waals surface area contributed by atoms with E-state index in [9.17, 15) is 4.79 Å². The summed E-state index contributed by atoms with van der Waals surface area (Å²) in [4.78, 5) is 10.7. The predicted molar refractivity (Wildman–Crippen MR) is 46.7 cm³/mol. The van der Waals surface area contributed by atoms with Crippen molar-refractivity contribution in [3.8, 4) is 0 Å². The first-order valence-electron chi connectivity index (χ1n) is 4.24. The van der Waals surface area contributed by atoms with E-state index < -0.39 is 6.16 Å². The van der Waals surface area contributed by atoms with Gasteiger partial charge in [0.2, 0.25) is 0 Å². The lowest BCUT2D eigenvalue weighted by molar-refractivity contribution is 0.0580. The molecular weight excluding hydrogens is 156 g/mol. The van der Waals surface area contributed by atoms with Crippen LogP contribution in [-0.2, 0) is 9.47 Å². The van der Waals surface area contributed by atoms with E-state index in [1.165, 1.54) is 0 Å². The highest BCUT2D eigenvalue weighted by molar-refractivity contribution is 5.59. The Balaban J connectivity index is 3.20. The summed E-state index contributed by atoms with van der Waals surface area (Å²) in [6.45, 7) is 6.74. The van der Waals surface area contributed by atoms with Gasteiger partial charge in [0.05, 0.1) is 13.2 Å². The average molecular weight is 173 g/mol. The summed E-state index contributed by atoms with van der Waals surface area (Å²) in [6, 6.07) is 0. The maximum Gasteiger partial charge on any atom is 0.508 e. The van der Waals surface area contributed by atoms with E-state index in [1.54, 1.807) is 6.42 Å². The standard InChI is InChI=1S/C9H17O3/c1-4-6-11-9(10)12-7-5-8(2)3/h4,8H,5-7H2,1-3H3. The zero-order chi connectivity index (χ0) is 9.40. The minimum absolute atomic E-state index is 0.320. The van der Waals surface area contributed by atoms with Gasteiger partial charge < -0.3 is 9.47 Å². The van der Waals surface area contributed by atoms with Gasteiger partial charge in [-0.2, -0.15) is 0 Å². The monoisotopic (exact) mass is 173 g/mol. The Morgan fingerprint density at radius 2 is 2.08 bits per heavy atom. The molecule has 0 unspecified atom stereocenters. The van der Waals surface area contributed by atoms with Gasteiger partial charge in [0.25, 0.3) is 0 Å². The van der Waals surface area contributed by atoms with Crippen LogP contribution in [0.3, 0.4) is 0 Å². The number of rotatable bonds is 5. The first kappa shape index (κ1) is 11.3. The van der Waals surface area contributed by atoms with Gasteiger partial charge in [-0.3, -0.25) is 0 Å². The number of carbonyl (C=O) groups is 1. The lowest BCUT2D eigenvalue weighted by Crippen LogP contribution is -2.10. The van der Waals surface area contributed by atoms with Crippen LogP contribution in [0.15, 0.2) is 0 Å². The Morgan fingerprint density at radius 1 is 1.42 bits per heavy atom. The molecule has 0 aromatic carbocycles. The van der Waals surface area contributed by atoms with E-state index in [4.69, 9.17) is 4.74 Å². The lowest BCUT2D eigenvalue weighted by atomic mass is 10.1. The summed E-state index contributed by atoms with van der Waals surface area (Å²) in [5, 5.41) is 0. The second kappa shape index (κ2) is 6.95. The van der Waals surface area contributed by atoms with Crippen molar-refractivity contribution in [2.24, 2.45) is 5.92 Å². The highest BCUT2D eigenvalue weighted by atomic mass is 16.7. The van der Waals surface area contributed by atoms with Crippen molar-refractivity contribution in [1.82, 2.24) is 0 Å². The molecule has 0 N–H and O–H groups in total. The summed E-state index contributed by atoms with van der Waals surface area (Å²) in [5.41, 5.74) is 0. The molecule has 0 saturated carbocycles. The van der Waals surface area contributed by atoms with Crippen LogP contribution in [0.25, 0.3) is 0 Å². The first-order chi connectivity index (χ1) is 5.66. The van der Waals surface area contributed by atoms with Gasteiger partial charge in [0, 0.05) is 0 Å². The molecule has 71 valence electrons. The minimum atomic E-state index is -0.575. The van der Waals surface area contributed by atoms with Crippen LogP contribution >= 0.6 is 0 Å². The van der Waals surface area contributed by atoms with Crippen LogP contribution in [0.2, 0.25) is 0 Å². The van der Waals surface area contributed by atoms with Gasteiger partial charge in [-0.1, -0.05) is 20.8 Å². The normalized spacial score (nSPS) is 10.0. The fraction of sp³-hybridized carbons (Fsp3) is 0.778. The fourth-order valence-corrected chi connectivity index (χ4v) is 0.571. The molecule has 0 amide bonds. The quantitative estimate of drug-likeness (QED) is 0.599. The number of hydrogen-bond acceptors (Lipinski definition) is 3. The topological polar surface area (TPSA) is 35.5 Å². The molecule has 0 spiro atoms. The number of carbonyl (C=O) groups excluding carboxylic acids is 1. The Bertz CT molecular complexity index is 121. The summed E-state index contributed by atoms with van der Waals surface area (Å²) >= 11 is 0. The van der Waals surface area contributed by atoms with E-state index in [0.717, 1.165) is 6.42 Å². The molecule has 0 saturated heterocycles. The molecule has 0 fully saturated rings. The van der Waals surface area contributed by atoms with Crippen molar-refractivity contribution < 1.29 is 14.3 Å². The highest BCUT2D eigenvalue weighted by Crippen LogP contribution is 1.99. The second-order valence-corrected chi connectivity index (χ2v) is 3.00. The Morgan fingerprint density at radius 3 is 2.58 bits per heavy atom. The van der Waals surface area contributed by atoms with Crippen molar-refractivity contribution >= 4 is 6.16 Å². The zero-order valence-corrected chi connectivity index (χ0v) is 8.00. The zero-order valence-electron chi connectivity index (χ0n) is 8.00. The van der Waals surface area contributed by atoms with Gasteiger partial charge in [0.1, 0.15) is 0 Å². The van der Waals surface area contributed by atoms with Crippen molar-refractivity contribution in [1.29, 1.82) is 0 Å². The van der Waals surface area contributed by atoms with Crippen LogP contribution in [0.4, 0.5) is 4.79 Å². The third-order valence-corrected chi connectivity index (χ3v) is 1.28. The average Bonchev–Trinajstić information content (AvgIpc) is 2.00. The number of ether oxygens (including phenoxy) is 2. The van der Waals surface area contributed by atoms with E-state index >= 15 is 0 Å². The summed E-state index contributed by atoms with van der Waals surface area (Å²) in [7, 11) is 0. The smallest absolute Gasteiger partial charge is 0.434 e. The molecule has 0 rings (SSSR count). The van der Waals surface area contributed by atoms with E-state index in [-0.39, 0.29) is 0 Å². The van der Waals surface area contributed by atoms with Crippen LogP contribution in [0.5, 0.6) is 0 Å². The van der Waals surface area contributed by atoms with Crippen molar-refractivity contribution in [2.75, 3.05) is 13.2 Å². The third-order valence-electron chi connectivity index (χ3n) is 1.28. The molecule has 0 aliphatic heterocycles. The van der Waals surface area contributed by atoms with Crippen molar-refractivity contribution in [3.05, 3.63) is 6.42 Å². The first-order valence-corrected chi connectivity index (χ1v) is 4.24. The molecule has 0 bridgehead atoms. The van der Waals surface area contributed by atoms with Crippen LogP contribution < -0.4 is 0 Å². The van der Waals surface area contributed by atoms with Crippen LogP contribution in [0.1, 0.15) is 27.2 Å². The molecule has 0 atom stereocenters. The largest absolute Gasteiger partial charge is 0.508 e. The molecule has 3 heteroatoms. The molecule has 0 aromatic heterocycles. The van der Waals surface area contributed by atoms with Crippen LogP contribution in [-0.4, -0.2) is 19.4 Å². The highest BCUT2D eigenvalue weighted by Gasteiger charge is 2.02. The van der Waals surface area contributed by atoms with Gasteiger partial charge in [-0.25, -0.2) is 4.79 Å². The molecule has 12 heavy (non-hydrogen) atoms. The predicted octanol–water partition coefficient (Wildman–Crippen LogP) is 2.41. The van der Waals surface area contributed by atoms with E-state index in [0.29, 0.717) is 19.1 Å². The third kappa shape index (κ3) is 7.38. The second-order valence-electron chi connectivity index (χ2n) is 3.00. The Hall–Kier alpha value is -0.730. The maximum atomic E-state index is 10.7. The van der Waals surface area contributed by atoms with E-state index in [1.807, 2.05) is 6.92 Å². The fourth-order valence-electron chi connectivity index (χ4n) is 0.571. The van der Waals surface area contributed by atoms with Gasteiger partial charge >= 0.3 is 6.16 Å². The molecule has 0 aliphatic rings. The maximum absolute atomic E-state index is 10.7. The van der Waals surface area contributed by atoms with Gasteiger partial charge in [-0.15, -0.1) is 0 Å².